The number of nitrogens with one attached hydrogen (secondary N) is 1. The first-order valence-corrected chi connectivity index (χ1v) is 4.94. The van der Waals surface area contributed by atoms with Gasteiger partial charge >= 0.3 is 0 Å². The maximum atomic E-state index is 13.7. The summed E-state index contributed by atoms with van der Waals surface area (Å²) in [5.74, 6) is -0.315. The predicted octanol–water partition coefficient (Wildman–Crippen LogP) is 2.76. The van der Waals surface area contributed by atoms with Gasteiger partial charge in [0, 0.05) is 11.1 Å². The molecule has 1 aromatic carbocycles. The SMILES string of the molecule is Cc1[nH]c2c(F)cc(CN=C=O)cc2c1C. The van der Waals surface area contributed by atoms with E-state index in [9.17, 15) is 9.18 Å². The summed E-state index contributed by atoms with van der Waals surface area (Å²) in [6.45, 7) is 4.00. The van der Waals surface area contributed by atoms with Gasteiger partial charge in [0.15, 0.2) is 0 Å². The largest absolute Gasteiger partial charge is 0.356 e. The molecule has 2 aromatic rings. The van der Waals surface area contributed by atoms with Gasteiger partial charge in [-0.15, -0.1) is 0 Å². The Morgan fingerprint density at radius 2 is 2.19 bits per heavy atom. The van der Waals surface area contributed by atoms with Gasteiger partial charge in [-0.3, -0.25) is 0 Å². The minimum Gasteiger partial charge on any atom is -0.356 e. The van der Waals surface area contributed by atoms with Crippen molar-refractivity contribution in [3.8, 4) is 0 Å². The fourth-order valence-corrected chi connectivity index (χ4v) is 1.78. The van der Waals surface area contributed by atoms with E-state index in [0.29, 0.717) is 11.1 Å². The maximum absolute atomic E-state index is 13.7. The summed E-state index contributed by atoms with van der Waals surface area (Å²) in [6.07, 6.45) is 1.45. The summed E-state index contributed by atoms with van der Waals surface area (Å²) in [5.41, 5.74) is 3.15. The third-order valence-corrected chi connectivity index (χ3v) is 2.76. The smallest absolute Gasteiger partial charge is 0.235 e. The fourth-order valence-electron chi connectivity index (χ4n) is 1.78. The highest BCUT2D eigenvalue weighted by Crippen LogP contribution is 2.25. The number of isocyanates is 1. The molecule has 82 valence electrons. The van der Waals surface area contributed by atoms with E-state index in [1.165, 1.54) is 12.1 Å². The standard InChI is InChI=1S/C12H11FN2O/c1-7-8(2)15-12-10(7)3-9(4-11(12)13)5-14-6-16/h3-4,15H,5H2,1-2H3. The van der Waals surface area contributed by atoms with Crippen LogP contribution in [-0.2, 0) is 11.3 Å². The highest BCUT2D eigenvalue weighted by molar-refractivity contribution is 5.85. The van der Waals surface area contributed by atoms with E-state index in [1.54, 1.807) is 0 Å². The summed E-state index contributed by atoms with van der Waals surface area (Å²) in [7, 11) is 0. The number of rotatable bonds is 2. The van der Waals surface area contributed by atoms with Crippen LogP contribution in [0.15, 0.2) is 17.1 Å². The van der Waals surface area contributed by atoms with E-state index in [4.69, 9.17) is 0 Å². The number of H-pyrrole nitrogens is 1. The Labute approximate surface area is 92.0 Å². The van der Waals surface area contributed by atoms with Crippen LogP contribution in [0.4, 0.5) is 4.39 Å². The van der Waals surface area contributed by atoms with Crippen LogP contribution in [-0.4, -0.2) is 11.1 Å². The van der Waals surface area contributed by atoms with Crippen molar-refractivity contribution in [2.75, 3.05) is 0 Å². The van der Waals surface area contributed by atoms with Crippen molar-refractivity contribution in [2.24, 2.45) is 4.99 Å². The third kappa shape index (κ3) is 1.64. The average molecular weight is 218 g/mol. The van der Waals surface area contributed by atoms with Crippen LogP contribution in [0.2, 0.25) is 0 Å². The Hall–Kier alpha value is -1.93. The summed E-state index contributed by atoms with van der Waals surface area (Å²) in [6, 6.07) is 3.23. The van der Waals surface area contributed by atoms with Crippen molar-refractivity contribution in [2.45, 2.75) is 20.4 Å². The van der Waals surface area contributed by atoms with Crippen molar-refractivity contribution in [3.63, 3.8) is 0 Å². The molecule has 0 amide bonds. The van der Waals surface area contributed by atoms with E-state index in [1.807, 2.05) is 19.9 Å². The molecule has 0 bridgehead atoms. The lowest BCUT2D eigenvalue weighted by Gasteiger charge is -1.99. The van der Waals surface area contributed by atoms with Crippen LogP contribution >= 0.6 is 0 Å². The molecular formula is C12H11FN2O. The van der Waals surface area contributed by atoms with Gasteiger partial charge in [0.1, 0.15) is 5.82 Å². The van der Waals surface area contributed by atoms with Gasteiger partial charge in [0.2, 0.25) is 6.08 Å². The van der Waals surface area contributed by atoms with Crippen LogP contribution < -0.4 is 0 Å². The minimum absolute atomic E-state index is 0.167. The van der Waals surface area contributed by atoms with Gasteiger partial charge in [-0.25, -0.2) is 14.2 Å². The van der Waals surface area contributed by atoms with Crippen molar-refractivity contribution in [1.29, 1.82) is 0 Å². The molecule has 3 nitrogen and oxygen atoms in total. The molecule has 2 rings (SSSR count). The highest BCUT2D eigenvalue weighted by atomic mass is 19.1. The van der Waals surface area contributed by atoms with Gasteiger partial charge in [0.25, 0.3) is 0 Å². The number of fused-ring (bicyclic) bond motifs is 1. The van der Waals surface area contributed by atoms with Crippen LogP contribution in [0.1, 0.15) is 16.8 Å². The van der Waals surface area contributed by atoms with E-state index in [0.717, 1.165) is 16.6 Å². The summed E-state index contributed by atoms with van der Waals surface area (Å²) < 4.78 is 13.7. The lowest BCUT2D eigenvalue weighted by atomic mass is 10.1. The Morgan fingerprint density at radius 3 is 2.88 bits per heavy atom. The van der Waals surface area contributed by atoms with Gasteiger partial charge in [0.05, 0.1) is 12.1 Å². The van der Waals surface area contributed by atoms with E-state index in [2.05, 4.69) is 9.98 Å². The molecule has 4 heteroatoms. The number of aromatic nitrogens is 1. The number of hydrogen-bond donors (Lipinski definition) is 1. The minimum atomic E-state index is -0.315. The van der Waals surface area contributed by atoms with Gasteiger partial charge in [-0.2, -0.15) is 0 Å². The first kappa shape index (κ1) is 10.6. The zero-order valence-electron chi connectivity index (χ0n) is 9.10. The average Bonchev–Trinajstić information content (AvgIpc) is 2.54. The Balaban J connectivity index is 2.64. The zero-order valence-corrected chi connectivity index (χ0v) is 9.10. The number of aliphatic imine (C=N–C) groups is 1. The topological polar surface area (TPSA) is 45.2 Å². The van der Waals surface area contributed by atoms with E-state index < -0.39 is 0 Å². The first-order valence-electron chi connectivity index (χ1n) is 4.94. The van der Waals surface area contributed by atoms with Crippen molar-refractivity contribution in [3.05, 3.63) is 34.8 Å². The molecule has 0 atom stereocenters. The molecule has 1 heterocycles. The summed E-state index contributed by atoms with van der Waals surface area (Å²) in [5, 5.41) is 0.841. The Kier molecular flexibility index (Phi) is 2.59. The van der Waals surface area contributed by atoms with Gasteiger partial charge in [-0.1, -0.05) is 0 Å². The van der Waals surface area contributed by atoms with E-state index in [-0.39, 0.29) is 12.4 Å². The molecule has 0 spiro atoms. The third-order valence-electron chi connectivity index (χ3n) is 2.76. The molecule has 0 aliphatic heterocycles. The molecule has 1 N–H and O–H groups in total. The molecule has 1 aromatic heterocycles. The van der Waals surface area contributed by atoms with Gasteiger partial charge in [-0.05, 0) is 37.1 Å². The molecule has 16 heavy (non-hydrogen) atoms. The lowest BCUT2D eigenvalue weighted by Crippen LogP contribution is -1.86. The molecule has 0 radical (unpaired) electrons. The maximum Gasteiger partial charge on any atom is 0.235 e. The summed E-state index contributed by atoms with van der Waals surface area (Å²) in [4.78, 5) is 16.4. The molecule has 0 aliphatic rings. The first-order chi connectivity index (χ1) is 7.63. The van der Waals surface area contributed by atoms with Crippen molar-refractivity contribution < 1.29 is 9.18 Å². The number of aromatic amines is 1. The monoisotopic (exact) mass is 218 g/mol. The van der Waals surface area contributed by atoms with Crippen molar-refractivity contribution in [1.82, 2.24) is 4.98 Å². The number of aryl methyl sites for hydroxylation is 2. The number of nitrogens with zero attached hydrogens (tertiary/aromatic N) is 1. The quantitative estimate of drug-likeness (QED) is 0.611. The molecular weight excluding hydrogens is 207 g/mol. The lowest BCUT2D eigenvalue weighted by molar-refractivity contribution is 0.562. The highest BCUT2D eigenvalue weighted by Gasteiger charge is 2.09. The number of carbonyl (C=O) groups excluding carboxylic acids is 1. The molecule has 0 saturated heterocycles. The fraction of sp³-hybridized carbons (Fsp3) is 0.250. The van der Waals surface area contributed by atoms with Crippen LogP contribution in [0.5, 0.6) is 0 Å². The zero-order chi connectivity index (χ0) is 11.7. The van der Waals surface area contributed by atoms with Crippen molar-refractivity contribution >= 4 is 17.0 Å². The predicted molar refractivity (Wildman–Crippen MR) is 59.6 cm³/mol. The summed E-state index contributed by atoms with van der Waals surface area (Å²) >= 11 is 0. The molecule has 0 fully saturated rings. The van der Waals surface area contributed by atoms with Crippen LogP contribution in [0, 0.1) is 19.7 Å². The molecule has 0 saturated carbocycles. The number of benzene rings is 1. The van der Waals surface area contributed by atoms with Crippen LogP contribution in [0.25, 0.3) is 10.9 Å². The van der Waals surface area contributed by atoms with Gasteiger partial charge < -0.3 is 4.98 Å². The van der Waals surface area contributed by atoms with E-state index >= 15 is 0 Å². The van der Waals surface area contributed by atoms with Crippen LogP contribution in [0.3, 0.4) is 0 Å². The second-order valence-electron chi connectivity index (χ2n) is 3.78. The Bertz CT molecular complexity index is 595. The molecule has 0 unspecified atom stereocenters. The number of hydrogen-bond acceptors (Lipinski definition) is 2. The molecule has 0 aliphatic carbocycles. The second-order valence-corrected chi connectivity index (χ2v) is 3.78. The Morgan fingerprint density at radius 1 is 1.44 bits per heavy atom. The number of halogens is 1. The normalized spacial score (nSPS) is 10.4. The second kappa shape index (κ2) is 3.91.